The van der Waals surface area contributed by atoms with Crippen molar-refractivity contribution >= 4 is 18.1 Å². The number of oxazole rings is 1. The summed E-state index contributed by atoms with van der Waals surface area (Å²) < 4.78 is 6.16. The molecular formula is C31H38N4O2. The van der Waals surface area contributed by atoms with Crippen LogP contribution in [0, 0.1) is 5.92 Å². The van der Waals surface area contributed by atoms with Gasteiger partial charge in [0.25, 0.3) is 0 Å². The van der Waals surface area contributed by atoms with Gasteiger partial charge in [-0.15, -0.1) is 0 Å². The van der Waals surface area contributed by atoms with Crippen LogP contribution in [0.5, 0.6) is 0 Å². The number of rotatable bonds is 8. The number of aryl methyl sites for hydroxylation is 1. The third kappa shape index (κ3) is 6.96. The van der Waals surface area contributed by atoms with Crippen LogP contribution in [0.2, 0.25) is 0 Å². The van der Waals surface area contributed by atoms with Crippen molar-refractivity contribution in [2.45, 2.75) is 25.7 Å². The summed E-state index contributed by atoms with van der Waals surface area (Å²) in [4.78, 5) is 24.9. The van der Waals surface area contributed by atoms with Crippen molar-refractivity contribution in [1.29, 1.82) is 0 Å². The van der Waals surface area contributed by atoms with Gasteiger partial charge in [0.05, 0.1) is 0 Å². The molecule has 3 aromatic rings. The molecule has 0 spiro atoms. The smallest absolute Gasteiger partial charge is 0.223 e. The van der Waals surface area contributed by atoms with E-state index in [1.807, 2.05) is 77.7 Å². The highest BCUT2D eigenvalue weighted by atomic mass is 16.4. The molecule has 1 amide bonds. The molecule has 0 unspecified atom stereocenters. The molecule has 6 nitrogen and oxygen atoms in total. The number of likely N-dealkylation sites (tertiary alicyclic amines) is 1. The zero-order chi connectivity index (χ0) is 25.5. The van der Waals surface area contributed by atoms with E-state index in [0.29, 0.717) is 18.7 Å². The summed E-state index contributed by atoms with van der Waals surface area (Å²) >= 11 is 0. The molecular weight excluding hydrogens is 460 g/mol. The number of carbonyl (C=O) groups excluding carboxylic acids is 1. The SMILES string of the molecule is CN1CCC(CN2CCN(C(=O)CCc3oc(C=Cc4ccccc4)nc3-c3ccccc3)CC2)CC1. The Hall–Kier alpha value is -3.22. The molecule has 2 aliphatic heterocycles. The van der Waals surface area contributed by atoms with Gasteiger partial charge in [-0.3, -0.25) is 9.69 Å². The van der Waals surface area contributed by atoms with Crippen LogP contribution in [0.3, 0.4) is 0 Å². The molecule has 0 saturated carbocycles. The van der Waals surface area contributed by atoms with E-state index in [4.69, 9.17) is 9.40 Å². The predicted molar refractivity (Wildman–Crippen MR) is 149 cm³/mol. The minimum atomic E-state index is 0.204. The maximum atomic E-state index is 13.1. The summed E-state index contributed by atoms with van der Waals surface area (Å²) in [7, 11) is 2.21. The summed E-state index contributed by atoms with van der Waals surface area (Å²) in [6, 6.07) is 20.2. The molecule has 0 bridgehead atoms. The minimum Gasteiger partial charge on any atom is -0.441 e. The first-order valence-electron chi connectivity index (χ1n) is 13.6. The molecule has 0 N–H and O–H groups in total. The third-order valence-corrected chi connectivity index (χ3v) is 7.62. The van der Waals surface area contributed by atoms with Crippen LogP contribution >= 0.6 is 0 Å². The van der Waals surface area contributed by atoms with Gasteiger partial charge in [-0.25, -0.2) is 4.98 Å². The number of amides is 1. The highest BCUT2D eigenvalue weighted by molar-refractivity contribution is 5.77. The Morgan fingerprint density at radius 2 is 1.59 bits per heavy atom. The molecule has 0 atom stereocenters. The fourth-order valence-electron chi connectivity index (χ4n) is 5.33. The van der Waals surface area contributed by atoms with Gasteiger partial charge in [-0.05, 0) is 50.5 Å². The summed E-state index contributed by atoms with van der Waals surface area (Å²) in [5.74, 6) is 2.34. The molecule has 6 heteroatoms. The van der Waals surface area contributed by atoms with Crippen LogP contribution in [0.4, 0.5) is 0 Å². The number of carbonyl (C=O) groups is 1. The number of piperidine rings is 1. The topological polar surface area (TPSA) is 52.8 Å². The van der Waals surface area contributed by atoms with E-state index >= 15 is 0 Å². The van der Waals surface area contributed by atoms with E-state index in [-0.39, 0.29) is 5.91 Å². The highest BCUT2D eigenvalue weighted by Gasteiger charge is 2.25. The largest absolute Gasteiger partial charge is 0.441 e. The van der Waals surface area contributed by atoms with Crippen LogP contribution in [-0.2, 0) is 11.2 Å². The fourth-order valence-corrected chi connectivity index (χ4v) is 5.33. The van der Waals surface area contributed by atoms with Gasteiger partial charge in [-0.1, -0.05) is 60.7 Å². The molecule has 2 aliphatic rings. The molecule has 2 saturated heterocycles. The lowest BCUT2D eigenvalue weighted by atomic mass is 9.96. The monoisotopic (exact) mass is 498 g/mol. The molecule has 0 aliphatic carbocycles. The molecule has 3 heterocycles. The van der Waals surface area contributed by atoms with E-state index < -0.39 is 0 Å². The van der Waals surface area contributed by atoms with Crippen molar-refractivity contribution in [3.05, 3.63) is 77.9 Å². The van der Waals surface area contributed by atoms with Gasteiger partial charge < -0.3 is 14.2 Å². The van der Waals surface area contributed by atoms with Gasteiger partial charge in [-0.2, -0.15) is 0 Å². The first-order chi connectivity index (χ1) is 18.1. The summed E-state index contributed by atoms with van der Waals surface area (Å²) in [6.45, 7) is 7.18. The van der Waals surface area contributed by atoms with E-state index in [1.165, 1.54) is 32.5 Å². The highest BCUT2D eigenvalue weighted by Crippen LogP contribution is 2.26. The zero-order valence-corrected chi connectivity index (χ0v) is 21.9. The first kappa shape index (κ1) is 25.4. The van der Waals surface area contributed by atoms with Gasteiger partial charge >= 0.3 is 0 Å². The second kappa shape index (κ2) is 12.3. The van der Waals surface area contributed by atoms with E-state index in [2.05, 4.69) is 16.8 Å². The number of aromatic nitrogens is 1. The molecule has 2 fully saturated rings. The Balaban J connectivity index is 1.18. The molecule has 1 aromatic heterocycles. The van der Waals surface area contributed by atoms with Crippen LogP contribution in [-0.4, -0.2) is 78.5 Å². The summed E-state index contributed by atoms with van der Waals surface area (Å²) in [5.41, 5.74) is 2.92. The zero-order valence-electron chi connectivity index (χ0n) is 21.9. The van der Waals surface area contributed by atoms with Gasteiger partial charge in [0.1, 0.15) is 11.5 Å². The molecule has 37 heavy (non-hydrogen) atoms. The minimum absolute atomic E-state index is 0.204. The average Bonchev–Trinajstić information content (AvgIpc) is 3.36. The maximum absolute atomic E-state index is 13.1. The van der Waals surface area contributed by atoms with Crippen molar-refractivity contribution in [1.82, 2.24) is 19.7 Å². The number of nitrogens with zero attached hydrogens (tertiary/aromatic N) is 4. The van der Waals surface area contributed by atoms with Crippen molar-refractivity contribution in [3.63, 3.8) is 0 Å². The van der Waals surface area contributed by atoms with Crippen molar-refractivity contribution in [2.75, 3.05) is 52.9 Å². The van der Waals surface area contributed by atoms with Crippen LogP contribution in [0.15, 0.2) is 65.1 Å². The number of piperazine rings is 1. The standard InChI is InChI=1S/C31H38N4O2/c1-33-18-16-26(17-19-33)24-34-20-22-35(23-21-34)30(36)15-13-28-31(27-10-6-3-7-11-27)32-29(37-28)14-12-25-8-4-2-5-9-25/h2-12,14,26H,13,15-24H2,1H3. The van der Waals surface area contributed by atoms with Gasteiger partial charge in [0.2, 0.25) is 11.8 Å². The molecule has 194 valence electrons. The number of benzene rings is 2. The van der Waals surface area contributed by atoms with Crippen molar-refractivity contribution in [3.8, 4) is 11.3 Å². The van der Waals surface area contributed by atoms with Crippen molar-refractivity contribution in [2.24, 2.45) is 5.92 Å². The van der Waals surface area contributed by atoms with E-state index in [1.54, 1.807) is 0 Å². The van der Waals surface area contributed by atoms with E-state index in [9.17, 15) is 4.79 Å². The maximum Gasteiger partial charge on any atom is 0.223 e. The quantitative estimate of drug-likeness (QED) is 0.441. The Bertz CT molecular complexity index is 1160. The van der Waals surface area contributed by atoms with Crippen LogP contribution in [0.1, 0.15) is 36.5 Å². The predicted octanol–water partition coefficient (Wildman–Crippen LogP) is 4.93. The Kier molecular flexibility index (Phi) is 8.49. The fraction of sp³-hybridized carbons (Fsp3) is 0.419. The Morgan fingerprint density at radius 1 is 0.919 bits per heavy atom. The molecule has 5 rings (SSSR count). The average molecular weight is 499 g/mol. The van der Waals surface area contributed by atoms with Crippen molar-refractivity contribution < 1.29 is 9.21 Å². The number of hydrogen-bond acceptors (Lipinski definition) is 5. The lowest BCUT2D eigenvalue weighted by Gasteiger charge is -2.38. The normalized spacial score (nSPS) is 18.0. The Labute approximate surface area is 220 Å². The third-order valence-electron chi connectivity index (χ3n) is 7.62. The molecule has 0 radical (unpaired) electrons. The lowest BCUT2D eigenvalue weighted by molar-refractivity contribution is -0.133. The summed E-state index contributed by atoms with van der Waals surface area (Å²) in [6.07, 6.45) is 7.46. The summed E-state index contributed by atoms with van der Waals surface area (Å²) in [5, 5.41) is 0. The van der Waals surface area contributed by atoms with Crippen LogP contribution in [0.25, 0.3) is 23.4 Å². The first-order valence-corrected chi connectivity index (χ1v) is 13.6. The van der Waals surface area contributed by atoms with Gasteiger partial charge in [0, 0.05) is 57.2 Å². The molecule has 2 aromatic carbocycles. The number of hydrogen-bond donors (Lipinski definition) is 0. The van der Waals surface area contributed by atoms with E-state index in [0.717, 1.165) is 54.7 Å². The van der Waals surface area contributed by atoms with Crippen LogP contribution < -0.4 is 0 Å². The second-order valence-corrected chi connectivity index (χ2v) is 10.4. The Morgan fingerprint density at radius 3 is 2.30 bits per heavy atom. The van der Waals surface area contributed by atoms with Gasteiger partial charge in [0.15, 0.2) is 0 Å². The lowest BCUT2D eigenvalue weighted by Crippen LogP contribution is -2.50. The second-order valence-electron chi connectivity index (χ2n) is 10.4.